The van der Waals surface area contributed by atoms with E-state index in [0.29, 0.717) is 0 Å². The van der Waals surface area contributed by atoms with Crippen molar-refractivity contribution in [3.63, 3.8) is 0 Å². The number of carbonyl (C=O) groups is 1. The van der Waals surface area contributed by atoms with Gasteiger partial charge < -0.3 is 30.6 Å². The van der Waals surface area contributed by atoms with Gasteiger partial charge in [0.25, 0.3) is 5.56 Å². The number of ether oxygens (including phenoxy) is 2. The van der Waals surface area contributed by atoms with E-state index in [9.17, 15) is 19.3 Å². The molecule has 0 amide bonds. The van der Waals surface area contributed by atoms with Crippen molar-refractivity contribution in [2.45, 2.75) is 57.4 Å². The van der Waals surface area contributed by atoms with Crippen molar-refractivity contribution in [2.75, 3.05) is 12.3 Å². The van der Waals surface area contributed by atoms with Gasteiger partial charge in [0, 0.05) is 0 Å². The molecule has 1 unspecified atom stereocenters. The first-order chi connectivity index (χ1) is 18.0. The van der Waals surface area contributed by atoms with Crippen LogP contribution in [0, 0.1) is 0 Å². The summed E-state index contributed by atoms with van der Waals surface area (Å²) in [6.07, 6.45) is -2.44. The van der Waals surface area contributed by atoms with Crippen LogP contribution in [0.1, 0.15) is 27.0 Å². The van der Waals surface area contributed by atoms with Crippen LogP contribution >= 0.6 is 7.75 Å². The fraction of sp³-hybridized carbons (Fsp3) is 0.455. The number of aromatic nitrogens is 4. The molecular formula is C22H30N7O8P. The maximum absolute atomic E-state index is 13.7. The van der Waals surface area contributed by atoms with Crippen molar-refractivity contribution >= 4 is 30.8 Å². The summed E-state index contributed by atoms with van der Waals surface area (Å²) in [6, 6.07) is 6.16. The lowest BCUT2D eigenvalue weighted by Crippen LogP contribution is -2.41. The highest BCUT2D eigenvalue weighted by Crippen LogP contribution is 2.46. The predicted molar refractivity (Wildman–Crippen MR) is 135 cm³/mol. The molecule has 1 aliphatic heterocycles. The average molecular weight is 551 g/mol. The molecular weight excluding hydrogens is 521 g/mol. The number of aromatic amines is 1. The van der Waals surface area contributed by atoms with Crippen LogP contribution in [0.4, 0.5) is 5.95 Å². The summed E-state index contributed by atoms with van der Waals surface area (Å²) < 4.78 is 37.3. The number of hydrogen-bond acceptors (Lipinski definition) is 12. The lowest BCUT2D eigenvalue weighted by molar-refractivity contribution is -0.149. The third-order valence-corrected chi connectivity index (χ3v) is 7.22. The molecule has 7 N–H and O–H groups in total. The number of aliphatic hydroxyl groups excluding tert-OH is 1. The van der Waals surface area contributed by atoms with Gasteiger partial charge in [0.05, 0.1) is 25.1 Å². The zero-order valence-corrected chi connectivity index (χ0v) is 21.8. The molecule has 0 saturated carbocycles. The largest absolute Gasteiger partial charge is 0.462 e. The van der Waals surface area contributed by atoms with Crippen molar-refractivity contribution < 1.29 is 33.0 Å². The number of imidazole rings is 1. The molecule has 15 nitrogen and oxygen atoms in total. The average Bonchev–Trinajstić information content (AvgIpc) is 3.39. The molecule has 16 heteroatoms. The fourth-order valence-electron chi connectivity index (χ4n) is 3.79. The van der Waals surface area contributed by atoms with Gasteiger partial charge in [0.1, 0.15) is 24.0 Å². The third kappa shape index (κ3) is 6.04. The van der Waals surface area contributed by atoms with E-state index in [0.717, 1.165) is 0 Å². The van der Waals surface area contributed by atoms with E-state index < -0.39 is 56.4 Å². The first kappa shape index (κ1) is 27.7. The van der Waals surface area contributed by atoms with E-state index in [1.54, 1.807) is 44.2 Å². The van der Waals surface area contributed by atoms with Crippen LogP contribution in [0.15, 0.2) is 41.5 Å². The molecule has 3 heterocycles. The highest BCUT2D eigenvalue weighted by molar-refractivity contribution is 7.52. The van der Waals surface area contributed by atoms with Gasteiger partial charge in [-0.1, -0.05) is 18.2 Å². The number of aliphatic hydroxyl groups is 1. The predicted octanol–water partition coefficient (Wildman–Crippen LogP) is 0.421. The number of anilines is 1. The summed E-state index contributed by atoms with van der Waals surface area (Å²) in [7, 11) is -4.20. The molecule has 1 fully saturated rings. The number of nitrogens with zero attached hydrogens (tertiary/aromatic N) is 3. The Hall–Kier alpha value is -3.33. The van der Waals surface area contributed by atoms with Crippen molar-refractivity contribution in [3.8, 4) is 5.75 Å². The van der Waals surface area contributed by atoms with Crippen molar-refractivity contribution in [1.29, 1.82) is 0 Å². The van der Waals surface area contributed by atoms with Crippen LogP contribution < -0.4 is 26.6 Å². The van der Waals surface area contributed by atoms with Crippen molar-refractivity contribution in [3.05, 3.63) is 47.0 Å². The Morgan fingerprint density at radius 2 is 2.03 bits per heavy atom. The minimum Gasteiger partial charge on any atom is -0.462 e. The lowest BCUT2D eigenvalue weighted by Gasteiger charge is -2.25. The summed E-state index contributed by atoms with van der Waals surface area (Å²) in [5.74, 6) is -0.575. The smallest absolute Gasteiger partial charge is 0.459 e. The number of hydrogen-bond donors (Lipinski definition) is 5. The molecule has 206 valence electrons. The molecule has 0 bridgehead atoms. The molecule has 3 aromatic rings. The van der Waals surface area contributed by atoms with Crippen molar-refractivity contribution in [2.24, 2.45) is 5.73 Å². The summed E-state index contributed by atoms with van der Waals surface area (Å²) >= 11 is 0. The van der Waals surface area contributed by atoms with Crippen LogP contribution in [-0.4, -0.2) is 67.6 Å². The monoisotopic (exact) mass is 551 g/mol. The number of benzene rings is 1. The van der Waals surface area contributed by atoms with E-state index in [2.05, 4.69) is 20.0 Å². The summed E-state index contributed by atoms with van der Waals surface area (Å²) in [6.45, 7) is 4.38. The SMILES string of the molecule is CC(C)OC(=O)[C@@H](C)NP(=O)(OC[C@H]1O[C@@H](n2cnc3c(=O)[nH]c(N)nc32)[C@H](N)[C@@H]1O)Oc1ccccc1. The van der Waals surface area contributed by atoms with Crippen LogP contribution in [-0.2, 0) is 23.4 Å². The molecule has 0 radical (unpaired) electrons. The topological polar surface area (TPSA) is 219 Å². The fourth-order valence-corrected chi connectivity index (χ4v) is 5.29. The first-order valence-electron chi connectivity index (χ1n) is 11.8. The minimum absolute atomic E-state index is 0.0106. The molecule has 2 aromatic heterocycles. The highest BCUT2D eigenvalue weighted by atomic mass is 31.2. The van der Waals surface area contributed by atoms with Gasteiger partial charge >= 0.3 is 13.7 Å². The number of nitrogens with one attached hydrogen (secondary N) is 2. The van der Waals surface area contributed by atoms with E-state index in [-0.39, 0.29) is 29.0 Å². The van der Waals surface area contributed by atoms with Gasteiger partial charge in [-0.15, -0.1) is 0 Å². The first-order valence-corrected chi connectivity index (χ1v) is 13.3. The molecule has 1 aliphatic rings. The Kier molecular flexibility index (Phi) is 8.16. The quantitative estimate of drug-likeness (QED) is 0.171. The second-order valence-corrected chi connectivity index (χ2v) is 10.6. The molecule has 38 heavy (non-hydrogen) atoms. The Morgan fingerprint density at radius 3 is 2.71 bits per heavy atom. The Labute approximate surface area is 217 Å². The Balaban J connectivity index is 1.52. The minimum atomic E-state index is -4.20. The molecule has 0 aliphatic carbocycles. The number of rotatable bonds is 10. The Morgan fingerprint density at radius 1 is 1.32 bits per heavy atom. The molecule has 4 rings (SSSR count). The maximum Gasteiger partial charge on any atom is 0.459 e. The summed E-state index contributed by atoms with van der Waals surface area (Å²) in [5.41, 5.74) is 11.4. The number of para-hydroxylation sites is 1. The molecule has 0 spiro atoms. The van der Waals surface area contributed by atoms with Crippen LogP contribution in [0.5, 0.6) is 5.75 Å². The summed E-state index contributed by atoms with van der Waals surface area (Å²) in [4.78, 5) is 34.9. The zero-order valence-electron chi connectivity index (χ0n) is 20.9. The number of nitrogens with two attached hydrogens (primary N) is 2. The summed E-state index contributed by atoms with van der Waals surface area (Å²) in [5, 5.41) is 13.3. The highest BCUT2D eigenvalue weighted by Gasteiger charge is 2.45. The second kappa shape index (κ2) is 11.2. The van der Waals surface area contributed by atoms with Crippen LogP contribution in [0.2, 0.25) is 0 Å². The second-order valence-electron chi connectivity index (χ2n) is 8.94. The van der Waals surface area contributed by atoms with Gasteiger partial charge in [-0.2, -0.15) is 10.1 Å². The van der Waals surface area contributed by atoms with E-state index in [1.165, 1.54) is 17.8 Å². The zero-order chi connectivity index (χ0) is 27.6. The standard InChI is InChI=1S/C22H30N7O8P/c1-11(2)35-21(32)12(3)28-38(33,37-13-7-5-4-6-8-13)34-9-14-17(30)15(23)20(36-14)29-10-25-16-18(29)26-22(24)27-19(16)31/h4-8,10-12,14-15,17,20,30H,9,23H2,1-3H3,(H,28,33)(H3,24,26,27,31)/t12-,14-,15-,17-,20-,38?/m1/s1. The number of H-pyrrole nitrogens is 1. The van der Waals surface area contributed by atoms with E-state index >= 15 is 0 Å². The lowest BCUT2D eigenvalue weighted by atomic mass is 10.1. The van der Waals surface area contributed by atoms with Crippen LogP contribution in [0.3, 0.4) is 0 Å². The van der Waals surface area contributed by atoms with Crippen LogP contribution in [0.25, 0.3) is 11.2 Å². The van der Waals surface area contributed by atoms with Gasteiger partial charge in [0.15, 0.2) is 17.4 Å². The third-order valence-electron chi connectivity index (χ3n) is 5.58. The number of fused-ring (bicyclic) bond motifs is 1. The van der Waals surface area contributed by atoms with E-state index in [1.807, 2.05) is 0 Å². The number of carbonyl (C=O) groups excluding carboxylic acids is 1. The van der Waals surface area contributed by atoms with Gasteiger partial charge in [0.2, 0.25) is 5.95 Å². The van der Waals surface area contributed by atoms with E-state index in [4.69, 9.17) is 30.0 Å². The van der Waals surface area contributed by atoms with Gasteiger partial charge in [-0.05, 0) is 32.9 Å². The Bertz CT molecular complexity index is 1380. The molecule has 1 saturated heterocycles. The molecule has 1 aromatic carbocycles. The normalized spacial score (nSPS) is 23.8. The molecule has 6 atom stereocenters. The number of esters is 1. The number of nitrogen functional groups attached to an aromatic ring is 1. The van der Waals surface area contributed by atoms with Gasteiger partial charge in [-0.25, -0.2) is 9.55 Å². The van der Waals surface area contributed by atoms with Crippen molar-refractivity contribution in [1.82, 2.24) is 24.6 Å². The maximum atomic E-state index is 13.7. The van der Waals surface area contributed by atoms with Gasteiger partial charge in [-0.3, -0.25) is 23.7 Å².